The van der Waals surface area contributed by atoms with Crippen LogP contribution in [0.1, 0.15) is 18.4 Å². The lowest BCUT2D eigenvalue weighted by Gasteiger charge is -2.06. The lowest BCUT2D eigenvalue weighted by atomic mass is 10.0. The van der Waals surface area contributed by atoms with E-state index in [0.29, 0.717) is 5.92 Å². The van der Waals surface area contributed by atoms with Crippen LogP contribution in [0, 0.1) is 10.1 Å². The van der Waals surface area contributed by atoms with Gasteiger partial charge < -0.3 is 0 Å². The van der Waals surface area contributed by atoms with Gasteiger partial charge in [-0.05, 0) is 11.5 Å². The van der Waals surface area contributed by atoms with Crippen LogP contribution < -0.4 is 0 Å². The van der Waals surface area contributed by atoms with E-state index in [-0.39, 0.29) is 10.6 Å². The molecule has 0 bridgehead atoms. The molecular formula is C9H10BrNO2. The second-order valence-electron chi connectivity index (χ2n) is 2.91. The molecule has 0 aliphatic heterocycles. The molecule has 1 atom stereocenters. The average Bonchev–Trinajstić information content (AvgIpc) is 2.17. The molecule has 0 saturated heterocycles. The fourth-order valence-electron chi connectivity index (χ4n) is 1.03. The number of nitrogens with zero attached hydrogens (tertiary/aromatic N) is 1. The summed E-state index contributed by atoms with van der Waals surface area (Å²) in [6.45, 7) is 2.02. The Kier molecular flexibility index (Phi) is 3.42. The SMILES string of the molecule is CC(CBr)c1cccc([N+](=O)[O-])c1. The predicted molar refractivity (Wildman–Crippen MR) is 55.3 cm³/mol. The number of rotatable bonds is 3. The van der Waals surface area contributed by atoms with Crippen LogP contribution >= 0.6 is 15.9 Å². The van der Waals surface area contributed by atoms with E-state index in [1.165, 1.54) is 6.07 Å². The molecule has 0 saturated carbocycles. The van der Waals surface area contributed by atoms with E-state index in [2.05, 4.69) is 15.9 Å². The molecule has 70 valence electrons. The lowest BCUT2D eigenvalue weighted by Crippen LogP contribution is -1.95. The van der Waals surface area contributed by atoms with Gasteiger partial charge in [-0.2, -0.15) is 0 Å². The topological polar surface area (TPSA) is 43.1 Å². The average molecular weight is 244 g/mol. The molecule has 0 aliphatic rings. The van der Waals surface area contributed by atoms with Gasteiger partial charge in [0, 0.05) is 17.5 Å². The van der Waals surface area contributed by atoms with Crippen molar-refractivity contribution < 1.29 is 4.92 Å². The van der Waals surface area contributed by atoms with Gasteiger partial charge >= 0.3 is 0 Å². The maximum atomic E-state index is 10.5. The minimum Gasteiger partial charge on any atom is -0.258 e. The summed E-state index contributed by atoms with van der Waals surface area (Å²) in [5.74, 6) is 0.305. The van der Waals surface area contributed by atoms with Crippen LogP contribution in [0.3, 0.4) is 0 Å². The van der Waals surface area contributed by atoms with E-state index in [1.807, 2.05) is 13.0 Å². The van der Waals surface area contributed by atoms with Crippen molar-refractivity contribution in [2.75, 3.05) is 5.33 Å². The van der Waals surface area contributed by atoms with Crippen molar-refractivity contribution in [1.29, 1.82) is 0 Å². The fraction of sp³-hybridized carbons (Fsp3) is 0.333. The van der Waals surface area contributed by atoms with Gasteiger partial charge in [-0.3, -0.25) is 10.1 Å². The van der Waals surface area contributed by atoms with Gasteiger partial charge in [-0.15, -0.1) is 0 Å². The Balaban J connectivity index is 2.98. The summed E-state index contributed by atoms with van der Waals surface area (Å²) in [5.41, 5.74) is 1.15. The number of alkyl halides is 1. The third kappa shape index (κ3) is 2.52. The first-order valence-corrected chi connectivity index (χ1v) is 5.07. The van der Waals surface area contributed by atoms with E-state index in [9.17, 15) is 10.1 Å². The molecule has 0 aromatic heterocycles. The minimum absolute atomic E-state index is 0.158. The number of hydrogen-bond acceptors (Lipinski definition) is 2. The number of nitro groups is 1. The molecule has 0 heterocycles. The Hall–Kier alpha value is -0.900. The van der Waals surface area contributed by atoms with Gasteiger partial charge in [0.15, 0.2) is 0 Å². The van der Waals surface area contributed by atoms with Gasteiger partial charge in [0.2, 0.25) is 0 Å². The highest BCUT2D eigenvalue weighted by atomic mass is 79.9. The number of hydrogen-bond donors (Lipinski definition) is 0. The van der Waals surface area contributed by atoms with Crippen LogP contribution in [0.2, 0.25) is 0 Å². The number of halogens is 1. The second-order valence-corrected chi connectivity index (χ2v) is 3.55. The minimum atomic E-state index is -0.371. The van der Waals surface area contributed by atoms with E-state index < -0.39 is 0 Å². The zero-order valence-electron chi connectivity index (χ0n) is 7.24. The monoisotopic (exact) mass is 243 g/mol. The first-order valence-electron chi connectivity index (χ1n) is 3.95. The molecule has 0 amide bonds. The molecule has 4 heteroatoms. The number of non-ortho nitro benzene ring substituents is 1. The lowest BCUT2D eigenvalue weighted by molar-refractivity contribution is -0.384. The first-order chi connectivity index (χ1) is 6.15. The standard InChI is InChI=1S/C9H10BrNO2/c1-7(6-10)8-3-2-4-9(5-8)11(12)13/h2-5,7H,6H2,1H3. The molecular weight excluding hydrogens is 234 g/mol. The van der Waals surface area contributed by atoms with Crippen molar-refractivity contribution in [3.8, 4) is 0 Å². The maximum Gasteiger partial charge on any atom is 0.269 e. The molecule has 0 aliphatic carbocycles. The molecule has 1 aromatic carbocycles. The molecule has 13 heavy (non-hydrogen) atoms. The highest BCUT2D eigenvalue weighted by molar-refractivity contribution is 9.09. The summed E-state index contributed by atoms with van der Waals surface area (Å²) in [6, 6.07) is 6.74. The highest BCUT2D eigenvalue weighted by Crippen LogP contribution is 2.21. The molecule has 0 radical (unpaired) electrons. The van der Waals surface area contributed by atoms with Crippen molar-refractivity contribution in [2.24, 2.45) is 0 Å². The first kappa shape index (κ1) is 10.2. The second kappa shape index (κ2) is 4.37. The number of nitro benzene ring substituents is 1. The van der Waals surface area contributed by atoms with Crippen LogP contribution in [-0.4, -0.2) is 10.3 Å². The molecule has 1 aromatic rings. The summed E-state index contributed by atoms with van der Waals surface area (Å²) >= 11 is 3.34. The van der Waals surface area contributed by atoms with Gasteiger partial charge in [-0.1, -0.05) is 35.0 Å². The van der Waals surface area contributed by atoms with Gasteiger partial charge in [0.25, 0.3) is 5.69 Å². The van der Waals surface area contributed by atoms with Gasteiger partial charge in [0.05, 0.1) is 4.92 Å². The highest BCUT2D eigenvalue weighted by Gasteiger charge is 2.09. The van der Waals surface area contributed by atoms with E-state index in [0.717, 1.165) is 10.9 Å². The zero-order valence-corrected chi connectivity index (χ0v) is 8.82. The molecule has 0 N–H and O–H groups in total. The molecule has 3 nitrogen and oxygen atoms in total. The van der Waals surface area contributed by atoms with E-state index in [1.54, 1.807) is 12.1 Å². The van der Waals surface area contributed by atoms with Crippen LogP contribution in [0.5, 0.6) is 0 Å². The van der Waals surface area contributed by atoms with Crippen molar-refractivity contribution in [2.45, 2.75) is 12.8 Å². The Morgan fingerprint density at radius 2 is 2.31 bits per heavy atom. The number of benzene rings is 1. The molecule has 0 spiro atoms. The summed E-state index contributed by atoms with van der Waals surface area (Å²) in [4.78, 5) is 10.1. The third-order valence-electron chi connectivity index (χ3n) is 1.88. The fourth-order valence-corrected chi connectivity index (χ4v) is 1.41. The van der Waals surface area contributed by atoms with E-state index in [4.69, 9.17) is 0 Å². The summed E-state index contributed by atoms with van der Waals surface area (Å²) in [7, 11) is 0. The van der Waals surface area contributed by atoms with Gasteiger partial charge in [-0.25, -0.2) is 0 Å². The molecule has 1 rings (SSSR count). The van der Waals surface area contributed by atoms with Crippen molar-refractivity contribution in [3.05, 3.63) is 39.9 Å². The maximum absolute atomic E-state index is 10.5. The Labute approximate surface area is 85.0 Å². The quantitative estimate of drug-likeness (QED) is 0.465. The summed E-state index contributed by atoms with van der Waals surface area (Å²) < 4.78 is 0. The Bertz CT molecular complexity index is 314. The van der Waals surface area contributed by atoms with Crippen molar-refractivity contribution in [3.63, 3.8) is 0 Å². The summed E-state index contributed by atoms with van der Waals surface area (Å²) in [5, 5.41) is 11.3. The van der Waals surface area contributed by atoms with E-state index >= 15 is 0 Å². The van der Waals surface area contributed by atoms with Crippen molar-refractivity contribution in [1.82, 2.24) is 0 Å². The Morgan fingerprint density at radius 3 is 2.85 bits per heavy atom. The van der Waals surface area contributed by atoms with Crippen LogP contribution in [0.15, 0.2) is 24.3 Å². The largest absolute Gasteiger partial charge is 0.269 e. The van der Waals surface area contributed by atoms with Crippen molar-refractivity contribution >= 4 is 21.6 Å². The predicted octanol–water partition coefficient (Wildman–Crippen LogP) is 3.09. The zero-order chi connectivity index (χ0) is 9.84. The van der Waals surface area contributed by atoms with Gasteiger partial charge in [0.1, 0.15) is 0 Å². The third-order valence-corrected chi connectivity index (χ3v) is 2.85. The van der Waals surface area contributed by atoms with Crippen LogP contribution in [0.25, 0.3) is 0 Å². The van der Waals surface area contributed by atoms with Crippen LogP contribution in [0.4, 0.5) is 5.69 Å². The summed E-state index contributed by atoms with van der Waals surface area (Å²) in [6.07, 6.45) is 0. The smallest absolute Gasteiger partial charge is 0.258 e. The van der Waals surface area contributed by atoms with Crippen LogP contribution in [-0.2, 0) is 0 Å². The Morgan fingerprint density at radius 1 is 1.62 bits per heavy atom. The molecule has 0 fully saturated rings. The normalized spacial score (nSPS) is 12.5. The molecule has 1 unspecified atom stereocenters.